The van der Waals surface area contributed by atoms with Crippen LogP contribution in [0.15, 0.2) is 42.5 Å². The number of rotatable bonds is 4. The van der Waals surface area contributed by atoms with E-state index in [-0.39, 0.29) is 6.04 Å². The highest BCUT2D eigenvalue weighted by Gasteiger charge is 2.15. The van der Waals surface area contributed by atoms with E-state index in [9.17, 15) is 0 Å². The van der Waals surface area contributed by atoms with Crippen LogP contribution in [0.5, 0.6) is 11.5 Å². The smallest absolute Gasteiger partial charge is 0.163 e. The van der Waals surface area contributed by atoms with Crippen LogP contribution in [-0.2, 0) is 6.42 Å². The van der Waals surface area contributed by atoms with Gasteiger partial charge in [-0.2, -0.15) is 0 Å². The molecule has 1 unspecified atom stereocenters. The number of ether oxygens (including phenoxy) is 2. The van der Waals surface area contributed by atoms with Crippen LogP contribution in [0, 0.1) is 0 Å². The van der Waals surface area contributed by atoms with Crippen LogP contribution in [0.3, 0.4) is 0 Å². The van der Waals surface area contributed by atoms with Gasteiger partial charge in [0.1, 0.15) is 13.2 Å². The van der Waals surface area contributed by atoms with Gasteiger partial charge in [-0.25, -0.2) is 0 Å². The fourth-order valence-electron chi connectivity index (χ4n) is 2.51. The monoisotopic (exact) mass is 284 g/mol. The van der Waals surface area contributed by atoms with Crippen LogP contribution in [0.25, 0.3) is 0 Å². The van der Waals surface area contributed by atoms with Gasteiger partial charge in [-0.1, -0.05) is 30.3 Å². The predicted molar refractivity (Wildman–Crippen MR) is 85.1 cm³/mol. The Hall–Kier alpha value is -2.36. The molecule has 3 rings (SSSR count). The second-order valence-corrected chi connectivity index (χ2v) is 5.32. The number of nitrogens with two attached hydrogens (primary N) is 1. The summed E-state index contributed by atoms with van der Waals surface area (Å²) in [5.74, 6) is 1.48. The number of benzene rings is 2. The molecule has 0 amide bonds. The Balaban J connectivity index is 1.72. The van der Waals surface area contributed by atoms with Crippen molar-refractivity contribution in [1.82, 2.24) is 0 Å². The Morgan fingerprint density at radius 1 is 1.10 bits per heavy atom. The van der Waals surface area contributed by atoms with E-state index in [1.165, 1.54) is 5.56 Å². The molecule has 1 aliphatic rings. The van der Waals surface area contributed by atoms with Gasteiger partial charge in [0.25, 0.3) is 0 Å². The summed E-state index contributed by atoms with van der Waals surface area (Å²) in [4.78, 5) is 0. The first kappa shape index (κ1) is 13.6. The van der Waals surface area contributed by atoms with Gasteiger partial charge in [-0.05, 0) is 18.9 Å². The molecule has 2 aromatic carbocycles. The Labute approximate surface area is 124 Å². The van der Waals surface area contributed by atoms with Gasteiger partial charge < -0.3 is 20.5 Å². The molecule has 0 bridgehead atoms. The summed E-state index contributed by atoms with van der Waals surface area (Å²) < 4.78 is 11.1. The van der Waals surface area contributed by atoms with E-state index in [4.69, 9.17) is 15.2 Å². The van der Waals surface area contributed by atoms with Crippen molar-refractivity contribution in [2.45, 2.75) is 19.4 Å². The molecule has 1 aliphatic heterocycles. The van der Waals surface area contributed by atoms with Crippen molar-refractivity contribution >= 4 is 11.4 Å². The van der Waals surface area contributed by atoms with Crippen LogP contribution in [-0.4, -0.2) is 19.3 Å². The summed E-state index contributed by atoms with van der Waals surface area (Å²) in [6.45, 7) is 3.29. The first-order chi connectivity index (χ1) is 10.2. The Bertz CT molecular complexity index is 614. The molecule has 1 atom stereocenters. The van der Waals surface area contributed by atoms with Gasteiger partial charge in [0.05, 0.1) is 11.4 Å². The quantitative estimate of drug-likeness (QED) is 0.847. The van der Waals surface area contributed by atoms with E-state index < -0.39 is 0 Å². The normalized spacial score (nSPS) is 14.5. The molecule has 21 heavy (non-hydrogen) atoms. The highest BCUT2D eigenvalue weighted by Crippen LogP contribution is 2.37. The maximum atomic E-state index is 6.09. The molecule has 4 nitrogen and oxygen atoms in total. The number of fused-ring (bicyclic) bond motifs is 1. The lowest BCUT2D eigenvalue weighted by molar-refractivity contribution is 0.172. The Morgan fingerprint density at radius 2 is 1.76 bits per heavy atom. The second kappa shape index (κ2) is 5.95. The molecule has 0 spiro atoms. The average molecular weight is 284 g/mol. The van der Waals surface area contributed by atoms with Crippen LogP contribution < -0.4 is 20.5 Å². The van der Waals surface area contributed by atoms with E-state index >= 15 is 0 Å². The molecular weight excluding hydrogens is 264 g/mol. The second-order valence-electron chi connectivity index (χ2n) is 5.32. The van der Waals surface area contributed by atoms with Crippen LogP contribution in [0.1, 0.15) is 12.5 Å². The average Bonchev–Trinajstić information content (AvgIpc) is 2.49. The fourth-order valence-corrected chi connectivity index (χ4v) is 2.51. The summed E-state index contributed by atoms with van der Waals surface area (Å²) in [6, 6.07) is 14.4. The summed E-state index contributed by atoms with van der Waals surface area (Å²) >= 11 is 0. The molecule has 0 aromatic heterocycles. The van der Waals surface area contributed by atoms with Crippen molar-refractivity contribution in [3.8, 4) is 11.5 Å². The van der Waals surface area contributed by atoms with Crippen molar-refractivity contribution < 1.29 is 9.47 Å². The number of hydrogen-bond acceptors (Lipinski definition) is 4. The minimum Gasteiger partial charge on any atom is -0.486 e. The summed E-state index contributed by atoms with van der Waals surface area (Å²) in [5.41, 5.74) is 8.96. The van der Waals surface area contributed by atoms with E-state index in [2.05, 4.69) is 36.5 Å². The third-order valence-corrected chi connectivity index (χ3v) is 3.50. The number of nitrogens with one attached hydrogen (secondary N) is 1. The van der Waals surface area contributed by atoms with Gasteiger partial charge in [-0.15, -0.1) is 0 Å². The molecule has 0 saturated carbocycles. The molecule has 1 heterocycles. The third-order valence-electron chi connectivity index (χ3n) is 3.50. The Morgan fingerprint density at radius 3 is 2.48 bits per heavy atom. The fraction of sp³-hybridized carbons (Fsp3) is 0.294. The minimum atomic E-state index is 0.275. The van der Waals surface area contributed by atoms with Gasteiger partial charge >= 0.3 is 0 Å². The van der Waals surface area contributed by atoms with E-state index in [1.54, 1.807) is 0 Å². The lowest BCUT2D eigenvalue weighted by Crippen LogP contribution is -2.20. The molecule has 0 aliphatic carbocycles. The van der Waals surface area contributed by atoms with Crippen molar-refractivity contribution in [2.24, 2.45) is 0 Å². The maximum Gasteiger partial charge on any atom is 0.163 e. The van der Waals surface area contributed by atoms with Crippen LogP contribution >= 0.6 is 0 Å². The van der Waals surface area contributed by atoms with Crippen molar-refractivity contribution in [3.63, 3.8) is 0 Å². The predicted octanol–water partition coefficient (Wildman–Crippen LogP) is 3.08. The zero-order chi connectivity index (χ0) is 14.7. The highest BCUT2D eigenvalue weighted by atomic mass is 16.6. The first-order valence-corrected chi connectivity index (χ1v) is 7.22. The van der Waals surface area contributed by atoms with Gasteiger partial charge in [0, 0.05) is 18.2 Å². The van der Waals surface area contributed by atoms with E-state index in [0.29, 0.717) is 18.9 Å². The van der Waals surface area contributed by atoms with E-state index in [1.807, 2.05) is 18.2 Å². The molecule has 0 fully saturated rings. The zero-order valence-corrected chi connectivity index (χ0v) is 12.1. The van der Waals surface area contributed by atoms with Gasteiger partial charge in [0.15, 0.2) is 11.5 Å². The number of nitrogen functional groups attached to an aromatic ring is 1. The molecular formula is C17H20N2O2. The molecule has 4 heteroatoms. The lowest BCUT2D eigenvalue weighted by Gasteiger charge is -2.22. The summed E-state index contributed by atoms with van der Waals surface area (Å²) in [7, 11) is 0. The van der Waals surface area contributed by atoms with Crippen molar-refractivity contribution in [3.05, 3.63) is 48.0 Å². The first-order valence-electron chi connectivity index (χ1n) is 7.22. The summed E-state index contributed by atoms with van der Waals surface area (Å²) in [5, 5.41) is 3.45. The summed E-state index contributed by atoms with van der Waals surface area (Å²) in [6.07, 6.45) is 0.939. The largest absolute Gasteiger partial charge is 0.486 e. The standard InChI is InChI=1S/C17H20N2O2/c1-12(9-13-5-3-2-4-6-13)19-15-11-17-16(10-14(15)18)20-7-8-21-17/h2-6,10-12,19H,7-9,18H2,1H3. The third kappa shape index (κ3) is 3.21. The molecule has 2 aromatic rings. The molecule has 0 saturated heterocycles. The number of hydrogen-bond donors (Lipinski definition) is 2. The lowest BCUT2D eigenvalue weighted by atomic mass is 10.1. The van der Waals surface area contributed by atoms with E-state index in [0.717, 1.165) is 23.6 Å². The highest BCUT2D eigenvalue weighted by molar-refractivity contribution is 5.72. The Kier molecular flexibility index (Phi) is 3.86. The molecule has 3 N–H and O–H groups in total. The molecule has 0 radical (unpaired) electrons. The van der Waals surface area contributed by atoms with Crippen molar-refractivity contribution in [2.75, 3.05) is 24.3 Å². The topological polar surface area (TPSA) is 56.5 Å². The number of anilines is 2. The van der Waals surface area contributed by atoms with Crippen LogP contribution in [0.2, 0.25) is 0 Å². The van der Waals surface area contributed by atoms with Crippen molar-refractivity contribution in [1.29, 1.82) is 0 Å². The zero-order valence-electron chi connectivity index (χ0n) is 12.1. The van der Waals surface area contributed by atoms with Gasteiger partial charge in [0.2, 0.25) is 0 Å². The SMILES string of the molecule is CC(Cc1ccccc1)Nc1cc2c(cc1N)OCCO2. The van der Waals surface area contributed by atoms with Crippen LogP contribution in [0.4, 0.5) is 11.4 Å². The molecule has 110 valence electrons. The van der Waals surface area contributed by atoms with Gasteiger partial charge in [-0.3, -0.25) is 0 Å². The maximum absolute atomic E-state index is 6.09. The minimum absolute atomic E-state index is 0.275.